The molecule has 4 amide bonds. The molecule has 1 aromatic rings. The van der Waals surface area contributed by atoms with Gasteiger partial charge in [-0.15, -0.1) is 0 Å². The van der Waals surface area contributed by atoms with Crippen molar-refractivity contribution in [1.82, 2.24) is 9.80 Å². The van der Waals surface area contributed by atoms with E-state index in [9.17, 15) is 14.4 Å². The predicted octanol–water partition coefficient (Wildman–Crippen LogP) is 3.23. The SMILES string of the molecule is CCN1c2ccc(C=C3C(=O)N(C)C(=O)N(C)C3=O)cc2C(C)CC1(C)C. The lowest BCUT2D eigenvalue weighted by atomic mass is 9.79. The molecule has 0 bridgehead atoms. The normalized spacial score (nSPS) is 22.3. The molecule has 27 heavy (non-hydrogen) atoms. The van der Waals surface area contributed by atoms with E-state index in [1.165, 1.54) is 25.3 Å². The number of carbonyl (C=O) groups is 3. The Bertz CT molecular complexity index is 830. The number of anilines is 1. The molecule has 144 valence electrons. The molecule has 2 aliphatic rings. The number of benzene rings is 1. The molecular weight excluding hydrogens is 342 g/mol. The highest BCUT2D eigenvalue weighted by molar-refractivity contribution is 6.30. The van der Waals surface area contributed by atoms with E-state index in [1.54, 1.807) is 6.08 Å². The Hall–Kier alpha value is -2.63. The van der Waals surface area contributed by atoms with Gasteiger partial charge in [-0.05, 0) is 62.4 Å². The zero-order chi connectivity index (χ0) is 20.1. The quantitative estimate of drug-likeness (QED) is 0.593. The van der Waals surface area contributed by atoms with Crippen molar-refractivity contribution >= 4 is 29.6 Å². The third-order valence-electron chi connectivity index (χ3n) is 5.68. The molecule has 2 heterocycles. The van der Waals surface area contributed by atoms with Crippen molar-refractivity contribution in [2.24, 2.45) is 0 Å². The molecule has 6 heteroatoms. The molecule has 3 rings (SSSR count). The van der Waals surface area contributed by atoms with E-state index in [4.69, 9.17) is 0 Å². The summed E-state index contributed by atoms with van der Waals surface area (Å²) in [6.45, 7) is 9.80. The molecule has 0 aliphatic carbocycles. The Morgan fingerprint density at radius 1 is 1.11 bits per heavy atom. The first-order chi connectivity index (χ1) is 12.6. The molecule has 0 saturated carbocycles. The first-order valence-electron chi connectivity index (χ1n) is 9.31. The van der Waals surface area contributed by atoms with Gasteiger partial charge < -0.3 is 4.90 Å². The van der Waals surface area contributed by atoms with Crippen LogP contribution in [0.4, 0.5) is 10.5 Å². The standard InChI is InChI=1S/C21H27N3O3/c1-7-24-17-9-8-14(10-15(17)13(2)12-21(24,3)4)11-16-18(25)22(5)20(27)23(6)19(16)26/h8-11,13H,7,12H2,1-6H3. The topological polar surface area (TPSA) is 60.9 Å². The van der Waals surface area contributed by atoms with Crippen molar-refractivity contribution in [1.29, 1.82) is 0 Å². The van der Waals surface area contributed by atoms with Crippen LogP contribution in [0.15, 0.2) is 23.8 Å². The van der Waals surface area contributed by atoms with Gasteiger partial charge in [-0.1, -0.05) is 13.0 Å². The van der Waals surface area contributed by atoms with E-state index in [2.05, 4.69) is 44.7 Å². The second kappa shape index (κ2) is 6.51. The minimum atomic E-state index is -0.609. The second-order valence-electron chi connectivity index (χ2n) is 8.05. The van der Waals surface area contributed by atoms with Gasteiger partial charge in [0.25, 0.3) is 11.8 Å². The summed E-state index contributed by atoms with van der Waals surface area (Å²) in [4.78, 5) is 41.0. The van der Waals surface area contributed by atoms with Crippen LogP contribution in [0.1, 0.15) is 51.2 Å². The van der Waals surface area contributed by atoms with Gasteiger partial charge in [0, 0.05) is 31.9 Å². The number of barbiturate groups is 1. The highest BCUT2D eigenvalue weighted by Crippen LogP contribution is 2.43. The highest BCUT2D eigenvalue weighted by Gasteiger charge is 2.38. The number of carbonyl (C=O) groups excluding carboxylic acids is 3. The highest BCUT2D eigenvalue weighted by atomic mass is 16.2. The van der Waals surface area contributed by atoms with Gasteiger partial charge in [-0.25, -0.2) is 4.79 Å². The van der Waals surface area contributed by atoms with Crippen molar-refractivity contribution in [3.63, 3.8) is 0 Å². The first-order valence-corrected chi connectivity index (χ1v) is 9.31. The number of imide groups is 2. The molecule has 1 aromatic carbocycles. The van der Waals surface area contributed by atoms with Gasteiger partial charge in [-0.3, -0.25) is 19.4 Å². The van der Waals surface area contributed by atoms with Crippen molar-refractivity contribution in [3.8, 4) is 0 Å². The van der Waals surface area contributed by atoms with Crippen LogP contribution in [0.3, 0.4) is 0 Å². The molecule has 1 atom stereocenters. The number of hydrogen-bond donors (Lipinski definition) is 0. The van der Waals surface area contributed by atoms with Crippen LogP contribution in [-0.4, -0.2) is 53.8 Å². The fraction of sp³-hybridized carbons (Fsp3) is 0.476. The summed E-state index contributed by atoms with van der Waals surface area (Å²) in [7, 11) is 2.77. The van der Waals surface area contributed by atoms with Crippen molar-refractivity contribution < 1.29 is 14.4 Å². The molecule has 2 aliphatic heterocycles. The largest absolute Gasteiger partial charge is 0.366 e. The third-order valence-corrected chi connectivity index (χ3v) is 5.68. The van der Waals surface area contributed by atoms with Gasteiger partial charge in [0.1, 0.15) is 5.57 Å². The summed E-state index contributed by atoms with van der Waals surface area (Å²) in [5, 5.41) is 0. The van der Waals surface area contributed by atoms with E-state index in [0.29, 0.717) is 5.92 Å². The Morgan fingerprint density at radius 2 is 1.70 bits per heavy atom. The summed E-state index contributed by atoms with van der Waals surface area (Å²) in [6.07, 6.45) is 2.62. The lowest BCUT2D eigenvalue weighted by molar-refractivity contribution is -0.134. The van der Waals surface area contributed by atoms with Gasteiger partial charge in [0.05, 0.1) is 0 Å². The third kappa shape index (κ3) is 3.03. The van der Waals surface area contributed by atoms with Crippen LogP contribution in [0, 0.1) is 0 Å². The molecule has 0 radical (unpaired) electrons. The molecule has 6 nitrogen and oxygen atoms in total. The monoisotopic (exact) mass is 369 g/mol. The zero-order valence-electron chi connectivity index (χ0n) is 16.9. The number of urea groups is 1. The zero-order valence-corrected chi connectivity index (χ0v) is 16.9. The lowest BCUT2D eigenvalue weighted by Crippen LogP contribution is -2.52. The Labute approximate surface area is 160 Å². The van der Waals surface area contributed by atoms with Crippen molar-refractivity contribution in [3.05, 3.63) is 34.9 Å². The maximum atomic E-state index is 12.4. The molecular formula is C21H27N3O3. The Kier molecular flexibility index (Phi) is 4.62. The Morgan fingerprint density at radius 3 is 2.26 bits per heavy atom. The molecule has 0 aromatic heterocycles. The van der Waals surface area contributed by atoms with E-state index in [0.717, 1.165) is 28.3 Å². The number of likely N-dealkylation sites (N-methyl/N-ethyl adjacent to an activating group) is 2. The molecule has 0 spiro atoms. The number of rotatable bonds is 2. The summed E-state index contributed by atoms with van der Waals surface area (Å²) in [6, 6.07) is 5.45. The Balaban J connectivity index is 2.04. The average Bonchev–Trinajstić information content (AvgIpc) is 2.62. The van der Waals surface area contributed by atoms with Crippen LogP contribution in [0.2, 0.25) is 0 Å². The predicted molar refractivity (Wildman–Crippen MR) is 105 cm³/mol. The minimum absolute atomic E-state index is 0.00990. The van der Waals surface area contributed by atoms with Gasteiger partial charge >= 0.3 is 6.03 Å². The lowest BCUT2D eigenvalue weighted by Gasteiger charge is -2.47. The van der Waals surface area contributed by atoms with Crippen LogP contribution < -0.4 is 4.90 Å². The summed E-state index contributed by atoms with van der Waals surface area (Å²) in [5.74, 6) is -0.754. The smallest absolute Gasteiger partial charge is 0.333 e. The van der Waals surface area contributed by atoms with E-state index < -0.39 is 17.8 Å². The van der Waals surface area contributed by atoms with Crippen LogP contribution in [-0.2, 0) is 9.59 Å². The minimum Gasteiger partial charge on any atom is -0.366 e. The fourth-order valence-electron chi connectivity index (χ4n) is 4.34. The van der Waals surface area contributed by atoms with Crippen molar-refractivity contribution in [2.75, 3.05) is 25.5 Å². The molecule has 1 unspecified atom stereocenters. The number of hydrogen-bond acceptors (Lipinski definition) is 4. The fourth-order valence-corrected chi connectivity index (χ4v) is 4.34. The molecule has 0 N–H and O–H groups in total. The maximum Gasteiger partial charge on any atom is 0.333 e. The average molecular weight is 369 g/mol. The van der Waals surface area contributed by atoms with E-state index in [-0.39, 0.29) is 11.1 Å². The van der Waals surface area contributed by atoms with Gasteiger partial charge in [0.15, 0.2) is 0 Å². The van der Waals surface area contributed by atoms with Crippen LogP contribution >= 0.6 is 0 Å². The number of nitrogens with zero attached hydrogens (tertiary/aromatic N) is 3. The number of amides is 4. The van der Waals surface area contributed by atoms with Crippen molar-refractivity contribution in [2.45, 2.75) is 45.6 Å². The van der Waals surface area contributed by atoms with E-state index in [1.807, 2.05) is 6.07 Å². The maximum absolute atomic E-state index is 12.4. The summed E-state index contributed by atoms with van der Waals surface area (Å²) in [5.41, 5.74) is 3.32. The van der Waals surface area contributed by atoms with Crippen LogP contribution in [0.5, 0.6) is 0 Å². The van der Waals surface area contributed by atoms with Crippen LogP contribution in [0.25, 0.3) is 6.08 Å². The molecule has 1 fully saturated rings. The first kappa shape index (κ1) is 19.1. The second-order valence-corrected chi connectivity index (χ2v) is 8.05. The summed E-state index contributed by atoms with van der Waals surface area (Å²) < 4.78 is 0. The molecule has 1 saturated heterocycles. The van der Waals surface area contributed by atoms with Gasteiger partial charge in [0.2, 0.25) is 0 Å². The van der Waals surface area contributed by atoms with Gasteiger partial charge in [-0.2, -0.15) is 0 Å². The van der Waals surface area contributed by atoms with E-state index >= 15 is 0 Å². The number of fused-ring (bicyclic) bond motifs is 1. The summed E-state index contributed by atoms with van der Waals surface area (Å²) >= 11 is 0.